The van der Waals surface area contributed by atoms with Gasteiger partial charge in [0, 0.05) is 18.2 Å². The number of nitrogens with one attached hydrogen (secondary N) is 1. The van der Waals surface area contributed by atoms with E-state index in [-0.39, 0.29) is 11.8 Å². The summed E-state index contributed by atoms with van der Waals surface area (Å²) >= 11 is 0. The van der Waals surface area contributed by atoms with Crippen molar-refractivity contribution in [2.75, 3.05) is 7.11 Å². The number of hydrogen-bond donors (Lipinski definition) is 1. The summed E-state index contributed by atoms with van der Waals surface area (Å²) in [4.78, 5) is 0. The van der Waals surface area contributed by atoms with Crippen molar-refractivity contribution in [3.05, 3.63) is 23.8 Å². The molecule has 108 valence electrons. The molecule has 0 saturated heterocycles. The normalized spacial score (nSPS) is 12.8. The van der Waals surface area contributed by atoms with Crippen molar-refractivity contribution in [1.82, 2.24) is 5.32 Å². The minimum absolute atomic E-state index is 0.100. The number of halogens is 2. The highest BCUT2D eigenvalue weighted by Crippen LogP contribution is 2.32. The lowest BCUT2D eigenvalue weighted by atomic mass is 10.1. The van der Waals surface area contributed by atoms with Gasteiger partial charge in [0.25, 0.3) is 0 Å². The molecular weight excluding hydrogens is 252 g/mol. The van der Waals surface area contributed by atoms with Gasteiger partial charge in [0.05, 0.1) is 7.11 Å². The Bertz CT molecular complexity index is 397. The summed E-state index contributed by atoms with van der Waals surface area (Å²) in [5.41, 5.74) is 0.659. The van der Waals surface area contributed by atoms with Gasteiger partial charge in [0.2, 0.25) is 0 Å². The van der Waals surface area contributed by atoms with Crippen LogP contribution in [0.2, 0.25) is 0 Å². The molecule has 1 aromatic rings. The van der Waals surface area contributed by atoms with Gasteiger partial charge in [0.1, 0.15) is 0 Å². The minimum Gasteiger partial charge on any atom is -0.493 e. The van der Waals surface area contributed by atoms with Crippen LogP contribution in [-0.2, 0) is 6.54 Å². The Kier molecular flexibility index (Phi) is 6.02. The van der Waals surface area contributed by atoms with Gasteiger partial charge in [-0.15, -0.1) is 0 Å². The molecular formula is C14H21F2NO2. The standard InChI is InChI=1S/C14H21F2NO2/c1-9(2)10(3)17-8-11-6-5-7-12(18-4)13(11)19-14(15)16/h5-7,9-10,14,17H,8H2,1-4H3. The average Bonchev–Trinajstić information content (AvgIpc) is 2.36. The first-order valence-corrected chi connectivity index (χ1v) is 6.29. The lowest BCUT2D eigenvalue weighted by Crippen LogP contribution is -2.30. The van der Waals surface area contributed by atoms with Gasteiger partial charge >= 0.3 is 6.61 Å². The number of methoxy groups -OCH3 is 1. The van der Waals surface area contributed by atoms with E-state index in [1.54, 1.807) is 18.2 Å². The van der Waals surface area contributed by atoms with Crippen LogP contribution in [0.1, 0.15) is 26.3 Å². The third-order valence-corrected chi connectivity index (χ3v) is 3.10. The van der Waals surface area contributed by atoms with Gasteiger partial charge in [-0.05, 0) is 18.9 Å². The highest BCUT2D eigenvalue weighted by Gasteiger charge is 2.16. The molecule has 0 amide bonds. The first-order chi connectivity index (χ1) is 8.95. The van der Waals surface area contributed by atoms with E-state index in [0.29, 0.717) is 23.8 Å². The fraction of sp³-hybridized carbons (Fsp3) is 0.571. The Hall–Kier alpha value is -1.36. The zero-order chi connectivity index (χ0) is 14.4. The van der Waals surface area contributed by atoms with E-state index in [1.807, 2.05) is 0 Å². The molecule has 19 heavy (non-hydrogen) atoms. The molecule has 1 unspecified atom stereocenters. The van der Waals surface area contributed by atoms with E-state index >= 15 is 0 Å². The van der Waals surface area contributed by atoms with Crippen molar-refractivity contribution in [2.24, 2.45) is 5.92 Å². The van der Waals surface area contributed by atoms with Crippen LogP contribution in [0.4, 0.5) is 8.78 Å². The van der Waals surface area contributed by atoms with Crippen molar-refractivity contribution in [1.29, 1.82) is 0 Å². The molecule has 0 radical (unpaired) electrons. The van der Waals surface area contributed by atoms with Crippen LogP contribution < -0.4 is 14.8 Å². The van der Waals surface area contributed by atoms with E-state index in [4.69, 9.17) is 4.74 Å². The Morgan fingerprint density at radius 1 is 1.21 bits per heavy atom. The molecule has 3 nitrogen and oxygen atoms in total. The monoisotopic (exact) mass is 273 g/mol. The van der Waals surface area contributed by atoms with Gasteiger partial charge in [-0.2, -0.15) is 8.78 Å². The van der Waals surface area contributed by atoms with E-state index < -0.39 is 6.61 Å². The smallest absolute Gasteiger partial charge is 0.387 e. The maximum Gasteiger partial charge on any atom is 0.387 e. The Morgan fingerprint density at radius 2 is 1.89 bits per heavy atom. The fourth-order valence-electron chi connectivity index (χ4n) is 1.59. The molecule has 0 spiro atoms. The van der Waals surface area contributed by atoms with Gasteiger partial charge in [-0.3, -0.25) is 0 Å². The summed E-state index contributed by atoms with van der Waals surface area (Å²) in [6, 6.07) is 5.40. The lowest BCUT2D eigenvalue weighted by molar-refractivity contribution is -0.0519. The highest BCUT2D eigenvalue weighted by molar-refractivity contribution is 5.46. The highest BCUT2D eigenvalue weighted by atomic mass is 19.3. The molecule has 0 bridgehead atoms. The van der Waals surface area contributed by atoms with Crippen molar-refractivity contribution in [3.63, 3.8) is 0 Å². The van der Waals surface area contributed by atoms with Crippen LogP contribution in [0.3, 0.4) is 0 Å². The van der Waals surface area contributed by atoms with Crippen LogP contribution in [0.5, 0.6) is 11.5 Å². The molecule has 1 atom stereocenters. The van der Waals surface area contributed by atoms with Gasteiger partial charge in [-0.1, -0.05) is 26.0 Å². The summed E-state index contributed by atoms with van der Waals surface area (Å²) < 4.78 is 34.5. The minimum atomic E-state index is -2.86. The molecule has 0 saturated carbocycles. The number of rotatable bonds is 7. The molecule has 0 aromatic heterocycles. The Balaban J connectivity index is 2.86. The largest absolute Gasteiger partial charge is 0.493 e. The summed E-state index contributed by atoms with van der Waals surface area (Å²) in [7, 11) is 1.43. The number of ether oxygens (including phenoxy) is 2. The maximum atomic E-state index is 12.4. The zero-order valence-corrected chi connectivity index (χ0v) is 11.7. The summed E-state index contributed by atoms with van der Waals surface area (Å²) in [6.45, 7) is 3.84. The topological polar surface area (TPSA) is 30.5 Å². The number of alkyl halides is 2. The molecule has 0 heterocycles. The molecule has 0 aliphatic carbocycles. The van der Waals surface area contributed by atoms with Gasteiger partial charge in [-0.25, -0.2) is 0 Å². The predicted molar refractivity (Wildman–Crippen MR) is 70.8 cm³/mol. The Morgan fingerprint density at radius 3 is 2.42 bits per heavy atom. The quantitative estimate of drug-likeness (QED) is 0.825. The van der Waals surface area contributed by atoms with Crippen LogP contribution in [0.15, 0.2) is 18.2 Å². The molecule has 1 aromatic carbocycles. The van der Waals surface area contributed by atoms with Crippen molar-refractivity contribution >= 4 is 0 Å². The zero-order valence-electron chi connectivity index (χ0n) is 11.7. The molecule has 5 heteroatoms. The van der Waals surface area contributed by atoms with Crippen molar-refractivity contribution < 1.29 is 18.3 Å². The molecule has 0 fully saturated rings. The molecule has 0 aliphatic heterocycles. The van der Waals surface area contributed by atoms with Crippen LogP contribution in [-0.4, -0.2) is 19.8 Å². The van der Waals surface area contributed by atoms with Gasteiger partial charge < -0.3 is 14.8 Å². The predicted octanol–water partition coefficient (Wildman–Crippen LogP) is 3.43. The second-order valence-corrected chi connectivity index (χ2v) is 4.74. The van der Waals surface area contributed by atoms with E-state index in [9.17, 15) is 8.78 Å². The average molecular weight is 273 g/mol. The third kappa shape index (κ3) is 4.67. The fourth-order valence-corrected chi connectivity index (χ4v) is 1.59. The molecule has 1 rings (SSSR count). The van der Waals surface area contributed by atoms with Crippen LogP contribution in [0.25, 0.3) is 0 Å². The summed E-state index contributed by atoms with van der Waals surface area (Å²) in [5, 5.41) is 3.28. The first-order valence-electron chi connectivity index (χ1n) is 6.29. The van der Waals surface area contributed by atoms with E-state index in [1.165, 1.54) is 7.11 Å². The lowest BCUT2D eigenvalue weighted by Gasteiger charge is -2.19. The molecule has 1 N–H and O–H groups in total. The SMILES string of the molecule is COc1cccc(CNC(C)C(C)C)c1OC(F)F. The second kappa shape index (κ2) is 7.28. The van der Waals surface area contributed by atoms with Crippen LogP contribution in [0, 0.1) is 5.92 Å². The number of para-hydroxylation sites is 1. The molecule has 0 aliphatic rings. The number of hydrogen-bond acceptors (Lipinski definition) is 3. The Labute approximate surface area is 112 Å². The van der Waals surface area contributed by atoms with Gasteiger partial charge in [0.15, 0.2) is 11.5 Å². The summed E-state index contributed by atoms with van der Waals surface area (Å²) in [5.74, 6) is 0.880. The van der Waals surface area contributed by atoms with Crippen molar-refractivity contribution in [3.8, 4) is 11.5 Å². The summed E-state index contributed by atoms with van der Waals surface area (Å²) in [6.07, 6.45) is 0. The second-order valence-electron chi connectivity index (χ2n) is 4.74. The maximum absolute atomic E-state index is 12.4. The van der Waals surface area contributed by atoms with Crippen LogP contribution >= 0.6 is 0 Å². The first kappa shape index (κ1) is 15.7. The van der Waals surface area contributed by atoms with E-state index in [2.05, 4.69) is 30.8 Å². The number of benzene rings is 1. The van der Waals surface area contributed by atoms with Crippen molar-refractivity contribution in [2.45, 2.75) is 40.0 Å². The third-order valence-electron chi connectivity index (χ3n) is 3.10. The van der Waals surface area contributed by atoms with E-state index in [0.717, 1.165) is 0 Å².